The van der Waals surface area contributed by atoms with Crippen molar-refractivity contribution < 1.29 is 4.79 Å². The van der Waals surface area contributed by atoms with Gasteiger partial charge in [0, 0.05) is 6.20 Å². The molecule has 0 fully saturated rings. The summed E-state index contributed by atoms with van der Waals surface area (Å²) >= 11 is 0. The molecule has 1 N–H and O–H groups in total. The van der Waals surface area contributed by atoms with E-state index >= 15 is 0 Å². The summed E-state index contributed by atoms with van der Waals surface area (Å²) in [6.07, 6.45) is 3.51. The van der Waals surface area contributed by atoms with E-state index < -0.39 is 5.41 Å². The molecule has 1 aromatic heterocycles. The molecule has 1 aromatic rings. The molecule has 0 saturated carbocycles. The van der Waals surface area contributed by atoms with Crippen molar-refractivity contribution in [1.29, 1.82) is 0 Å². The van der Waals surface area contributed by atoms with Crippen LogP contribution < -0.4 is 5.32 Å². The largest absolute Gasteiger partial charge is 0.324 e. The Bertz CT molecular complexity index is 460. The first-order chi connectivity index (χ1) is 7.81. The van der Waals surface area contributed by atoms with Gasteiger partial charge in [0.2, 0.25) is 5.91 Å². The molecule has 1 aliphatic heterocycles. The Labute approximate surface area is 103 Å². The molecule has 2 rings (SSSR count). The highest BCUT2D eigenvalue weighted by Crippen LogP contribution is 2.53. The van der Waals surface area contributed by atoms with Crippen LogP contribution in [0.15, 0.2) is 18.5 Å². The van der Waals surface area contributed by atoms with Crippen LogP contribution in [0, 0.1) is 11.3 Å². The van der Waals surface area contributed by atoms with Crippen LogP contribution in [-0.2, 0) is 10.2 Å². The molecule has 1 atom stereocenters. The quantitative estimate of drug-likeness (QED) is 0.808. The highest BCUT2D eigenvalue weighted by molar-refractivity contribution is 6.06. The molecule has 0 radical (unpaired) electrons. The molecule has 0 aliphatic carbocycles. The number of rotatable bonds is 1. The van der Waals surface area contributed by atoms with E-state index in [2.05, 4.69) is 44.9 Å². The van der Waals surface area contributed by atoms with Crippen LogP contribution in [0.3, 0.4) is 0 Å². The summed E-state index contributed by atoms with van der Waals surface area (Å²) in [4.78, 5) is 16.6. The Morgan fingerprint density at radius 3 is 2.53 bits per heavy atom. The molecule has 92 valence electrons. The minimum Gasteiger partial charge on any atom is -0.324 e. The third-order valence-corrected chi connectivity index (χ3v) is 3.90. The Kier molecular flexibility index (Phi) is 2.53. The van der Waals surface area contributed by atoms with Crippen LogP contribution in [0.1, 0.15) is 40.2 Å². The minimum atomic E-state index is -0.467. The van der Waals surface area contributed by atoms with Gasteiger partial charge in [0.15, 0.2) is 0 Å². The lowest BCUT2D eigenvalue weighted by Crippen LogP contribution is -2.50. The molecule has 1 unspecified atom stereocenters. The summed E-state index contributed by atoms with van der Waals surface area (Å²) in [6.45, 7) is 10.6. The number of carbonyl (C=O) groups excluding carboxylic acids is 1. The van der Waals surface area contributed by atoms with Gasteiger partial charge in [0.1, 0.15) is 0 Å². The minimum absolute atomic E-state index is 0.100. The summed E-state index contributed by atoms with van der Waals surface area (Å²) < 4.78 is 0. The topological polar surface area (TPSA) is 42.0 Å². The molecular weight excluding hydrogens is 212 g/mol. The predicted octanol–water partition coefficient (Wildman–Crippen LogP) is 2.97. The van der Waals surface area contributed by atoms with Crippen molar-refractivity contribution >= 4 is 11.6 Å². The maximum Gasteiger partial charge on any atom is 0.235 e. The van der Waals surface area contributed by atoms with Crippen LogP contribution in [0.25, 0.3) is 0 Å². The fraction of sp³-hybridized carbons (Fsp3) is 0.571. The van der Waals surface area contributed by atoms with Crippen molar-refractivity contribution in [3.8, 4) is 0 Å². The van der Waals surface area contributed by atoms with Gasteiger partial charge in [-0.05, 0) is 23.0 Å². The summed E-state index contributed by atoms with van der Waals surface area (Å²) in [7, 11) is 0. The first-order valence-corrected chi connectivity index (χ1v) is 6.07. The van der Waals surface area contributed by atoms with Crippen molar-refractivity contribution in [1.82, 2.24) is 4.98 Å². The standard InChI is InChI=1S/C14H20N2O/c1-9(2)14(13(3,4)5)10-6-7-15-8-11(10)16-12(14)17/h6-9H,1-5H3,(H,16,17). The van der Waals surface area contributed by atoms with Crippen molar-refractivity contribution in [2.45, 2.75) is 40.0 Å². The fourth-order valence-electron chi connectivity index (χ4n) is 3.36. The normalized spacial score (nSPS) is 23.8. The predicted molar refractivity (Wildman–Crippen MR) is 68.8 cm³/mol. The fourth-order valence-corrected chi connectivity index (χ4v) is 3.36. The van der Waals surface area contributed by atoms with E-state index in [-0.39, 0.29) is 17.2 Å². The second-order valence-corrected chi connectivity index (χ2v) is 6.09. The molecule has 3 heteroatoms. The van der Waals surface area contributed by atoms with Crippen LogP contribution in [0.2, 0.25) is 0 Å². The number of pyridine rings is 1. The highest BCUT2D eigenvalue weighted by Gasteiger charge is 2.56. The van der Waals surface area contributed by atoms with E-state index in [0.29, 0.717) is 0 Å². The summed E-state index contributed by atoms with van der Waals surface area (Å²) in [5.74, 6) is 0.342. The van der Waals surface area contributed by atoms with Gasteiger partial charge in [0.05, 0.1) is 17.3 Å². The van der Waals surface area contributed by atoms with Crippen molar-refractivity contribution in [2.75, 3.05) is 5.32 Å². The van der Waals surface area contributed by atoms with E-state index in [4.69, 9.17) is 0 Å². The molecule has 0 bridgehead atoms. The van der Waals surface area contributed by atoms with Gasteiger partial charge in [0.25, 0.3) is 0 Å². The second-order valence-electron chi connectivity index (χ2n) is 6.09. The molecule has 0 spiro atoms. The summed E-state index contributed by atoms with van der Waals surface area (Å²) in [6, 6.07) is 1.97. The summed E-state index contributed by atoms with van der Waals surface area (Å²) in [5, 5.41) is 2.97. The third-order valence-electron chi connectivity index (χ3n) is 3.90. The number of hydrogen-bond donors (Lipinski definition) is 1. The number of hydrogen-bond acceptors (Lipinski definition) is 2. The lowest BCUT2D eigenvalue weighted by Gasteiger charge is -2.43. The van der Waals surface area contributed by atoms with E-state index in [1.54, 1.807) is 12.4 Å². The van der Waals surface area contributed by atoms with Gasteiger partial charge in [-0.25, -0.2) is 0 Å². The molecule has 1 amide bonds. The number of nitrogens with zero attached hydrogens (tertiary/aromatic N) is 1. The van der Waals surface area contributed by atoms with Gasteiger partial charge in [-0.3, -0.25) is 9.78 Å². The lowest BCUT2D eigenvalue weighted by molar-refractivity contribution is -0.126. The van der Waals surface area contributed by atoms with E-state index in [9.17, 15) is 4.79 Å². The highest BCUT2D eigenvalue weighted by atomic mass is 16.2. The first-order valence-electron chi connectivity index (χ1n) is 6.07. The zero-order valence-electron chi connectivity index (χ0n) is 11.2. The average Bonchev–Trinajstić information content (AvgIpc) is 2.49. The molecule has 17 heavy (non-hydrogen) atoms. The number of nitrogens with one attached hydrogen (secondary N) is 1. The Morgan fingerprint density at radius 1 is 1.35 bits per heavy atom. The zero-order chi connectivity index (χ0) is 12.8. The SMILES string of the molecule is CC(C)C1(C(C)(C)C)C(=O)Nc2cnccc21. The molecule has 3 nitrogen and oxygen atoms in total. The van der Waals surface area contributed by atoms with E-state index in [0.717, 1.165) is 11.3 Å². The number of amides is 1. The Morgan fingerprint density at radius 2 is 2.00 bits per heavy atom. The van der Waals surface area contributed by atoms with Gasteiger partial charge in [-0.15, -0.1) is 0 Å². The van der Waals surface area contributed by atoms with E-state index in [1.807, 2.05) is 6.07 Å². The van der Waals surface area contributed by atoms with Crippen molar-refractivity contribution in [2.24, 2.45) is 11.3 Å². The molecule has 2 heterocycles. The van der Waals surface area contributed by atoms with Gasteiger partial charge < -0.3 is 5.32 Å². The third kappa shape index (κ3) is 1.41. The van der Waals surface area contributed by atoms with Crippen LogP contribution in [0.4, 0.5) is 5.69 Å². The van der Waals surface area contributed by atoms with Crippen molar-refractivity contribution in [3.63, 3.8) is 0 Å². The van der Waals surface area contributed by atoms with Gasteiger partial charge in [-0.1, -0.05) is 34.6 Å². The maximum absolute atomic E-state index is 12.5. The molecule has 0 aromatic carbocycles. The molecule has 1 aliphatic rings. The smallest absolute Gasteiger partial charge is 0.235 e. The number of fused-ring (bicyclic) bond motifs is 1. The maximum atomic E-state index is 12.5. The molecule has 0 saturated heterocycles. The first kappa shape index (κ1) is 12.1. The second kappa shape index (κ2) is 3.56. The van der Waals surface area contributed by atoms with E-state index in [1.165, 1.54) is 0 Å². The summed E-state index contributed by atoms with van der Waals surface area (Å²) in [5.41, 5.74) is 1.35. The lowest BCUT2D eigenvalue weighted by atomic mass is 9.58. The molecular formula is C14H20N2O. The van der Waals surface area contributed by atoms with Crippen LogP contribution in [0.5, 0.6) is 0 Å². The monoisotopic (exact) mass is 232 g/mol. The number of anilines is 1. The van der Waals surface area contributed by atoms with Crippen LogP contribution >= 0.6 is 0 Å². The average molecular weight is 232 g/mol. The van der Waals surface area contributed by atoms with Gasteiger partial charge in [-0.2, -0.15) is 0 Å². The Balaban J connectivity index is 2.74. The zero-order valence-corrected chi connectivity index (χ0v) is 11.2. The Hall–Kier alpha value is -1.38. The van der Waals surface area contributed by atoms with Crippen molar-refractivity contribution in [3.05, 3.63) is 24.0 Å². The van der Waals surface area contributed by atoms with Gasteiger partial charge >= 0.3 is 0 Å². The van der Waals surface area contributed by atoms with Crippen LogP contribution in [-0.4, -0.2) is 10.9 Å². The number of carbonyl (C=O) groups is 1. The number of aromatic nitrogens is 1.